The number of hydrogen-bond acceptors (Lipinski definition) is 4. The lowest BCUT2D eigenvalue weighted by Crippen LogP contribution is -2.33. The van der Waals surface area contributed by atoms with E-state index in [1.165, 1.54) is 3.57 Å². The minimum absolute atomic E-state index is 0.117. The van der Waals surface area contributed by atoms with E-state index in [-0.39, 0.29) is 12.3 Å². The van der Waals surface area contributed by atoms with Crippen molar-refractivity contribution in [3.63, 3.8) is 0 Å². The highest BCUT2D eigenvalue weighted by Gasteiger charge is 2.33. The van der Waals surface area contributed by atoms with Gasteiger partial charge in [0.1, 0.15) is 0 Å². The van der Waals surface area contributed by atoms with Gasteiger partial charge in [0.2, 0.25) is 5.91 Å². The number of hydrogen-bond donors (Lipinski definition) is 1. The van der Waals surface area contributed by atoms with Gasteiger partial charge < -0.3 is 14.0 Å². The lowest BCUT2D eigenvalue weighted by molar-refractivity contribution is -0.159. The van der Waals surface area contributed by atoms with Gasteiger partial charge in [0.05, 0.1) is 31.5 Å². The Hall–Kier alpha value is -1.71. The SMILES string of the molecule is Cc1cc(/C=N\NC(=O)CC2(C)OCCO2)c(C)n1-c1ccccc1I. The molecule has 1 aromatic carbocycles. The monoisotopic (exact) mass is 467 g/mol. The number of carbonyl (C=O) groups excluding carboxylic acids is 1. The van der Waals surface area contributed by atoms with E-state index in [0.717, 1.165) is 22.6 Å². The van der Waals surface area contributed by atoms with E-state index >= 15 is 0 Å². The molecule has 1 N–H and O–H groups in total. The van der Waals surface area contributed by atoms with Crippen molar-refractivity contribution < 1.29 is 14.3 Å². The molecule has 1 amide bonds. The number of benzene rings is 1. The summed E-state index contributed by atoms with van der Waals surface area (Å²) in [6.07, 6.45) is 1.79. The van der Waals surface area contributed by atoms with Crippen LogP contribution in [0.2, 0.25) is 0 Å². The van der Waals surface area contributed by atoms with E-state index in [9.17, 15) is 4.79 Å². The second-order valence-corrected chi connectivity index (χ2v) is 7.58. The fraction of sp³-hybridized carbons (Fsp3) is 0.368. The van der Waals surface area contributed by atoms with Crippen LogP contribution in [0.4, 0.5) is 0 Å². The molecule has 1 saturated heterocycles. The normalized spacial score (nSPS) is 16.3. The summed E-state index contributed by atoms with van der Waals surface area (Å²) < 4.78 is 14.2. The molecule has 0 saturated carbocycles. The third-order valence-corrected chi connectivity index (χ3v) is 5.25. The van der Waals surface area contributed by atoms with E-state index in [1.807, 2.05) is 19.1 Å². The quantitative estimate of drug-likeness (QED) is 0.417. The number of rotatable bonds is 5. The largest absolute Gasteiger partial charge is 0.347 e. The maximum Gasteiger partial charge on any atom is 0.245 e. The minimum atomic E-state index is -0.848. The number of nitrogens with one attached hydrogen (secondary N) is 1. The van der Waals surface area contributed by atoms with Gasteiger partial charge in [0.15, 0.2) is 5.79 Å². The van der Waals surface area contributed by atoms with E-state index in [4.69, 9.17) is 9.47 Å². The number of aromatic nitrogens is 1. The Balaban J connectivity index is 1.71. The third kappa shape index (κ3) is 4.16. The van der Waals surface area contributed by atoms with Crippen molar-refractivity contribution in [2.75, 3.05) is 13.2 Å². The van der Waals surface area contributed by atoms with Gasteiger partial charge in [0, 0.05) is 20.5 Å². The van der Waals surface area contributed by atoms with E-state index < -0.39 is 5.79 Å². The molecule has 138 valence electrons. The molecule has 0 bridgehead atoms. The average Bonchev–Trinajstić information content (AvgIpc) is 3.12. The Labute approximate surface area is 166 Å². The number of carbonyl (C=O) groups is 1. The summed E-state index contributed by atoms with van der Waals surface area (Å²) in [7, 11) is 0. The van der Waals surface area contributed by atoms with Crippen molar-refractivity contribution in [1.82, 2.24) is 9.99 Å². The van der Waals surface area contributed by atoms with Crippen molar-refractivity contribution in [3.05, 3.63) is 50.9 Å². The first-order valence-corrected chi connectivity index (χ1v) is 9.51. The number of nitrogens with zero attached hydrogens (tertiary/aromatic N) is 2. The van der Waals surface area contributed by atoms with Crippen LogP contribution in [0.3, 0.4) is 0 Å². The molecule has 26 heavy (non-hydrogen) atoms. The van der Waals surface area contributed by atoms with Crippen LogP contribution >= 0.6 is 22.6 Å². The molecule has 2 heterocycles. The van der Waals surface area contributed by atoms with Crippen molar-refractivity contribution in [3.8, 4) is 5.69 Å². The van der Waals surface area contributed by atoms with Crippen LogP contribution in [0, 0.1) is 17.4 Å². The van der Waals surface area contributed by atoms with Gasteiger partial charge in [-0.3, -0.25) is 4.79 Å². The first kappa shape index (κ1) is 19.1. The maximum atomic E-state index is 12.0. The molecule has 6 nitrogen and oxygen atoms in total. The van der Waals surface area contributed by atoms with E-state index in [2.05, 4.69) is 62.8 Å². The van der Waals surface area contributed by atoms with Crippen LogP contribution in [-0.4, -0.2) is 35.7 Å². The number of para-hydroxylation sites is 1. The fourth-order valence-corrected chi connectivity index (χ4v) is 3.71. The van der Waals surface area contributed by atoms with Crippen molar-refractivity contribution in [2.24, 2.45) is 5.10 Å². The van der Waals surface area contributed by atoms with Crippen molar-refractivity contribution in [2.45, 2.75) is 33.0 Å². The van der Waals surface area contributed by atoms with E-state index in [1.54, 1.807) is 13.1 Å². The zero-order chi connectivity index (χ0) is 18.7. The van der Waals surface area contributed by atoms with Crippen LogP contribution < -0.4 is 5.43 Å². The molecule has 0 unspecified atom stereocenters. The number of amides is 1. The zero-order valence-corrected chi connectivity index (χ0v) is 17.2. The van der Waals surface area contributed by atoms with Gasteiger partial charge >= 0.3 is 0 Å². The fourth-order valence-electron chi connectivity index (χ4n) is 3.09. The van der Waals surface area contributed by atoms with Crippen LogP contribution in [0.1, 0.15) is 30.3 Å². The van der Waals surface area contributed by atoms with E-state index in [0.29, 0.717) is 13.2 Å². The van der Waals surface area contributed by atoms with Crippen LogP contribution in [0.5, 0.6) is 0 Å². The lowest BCUT2D eigenvalue weighted by atomic mass is 10.2. The zero-order valence-electron chi connectivity index (χ0n) is 15.1. The second kappa shape index (κ2) is 7.89. The molecule has 2 aromatic rings. The Morgan fingerprint density at radius 3 is 2.73 bits per heavy atom. The highest BCUT2D eigenvalue weighted by Crippen LogP contribution is 2.24. The predicted octanol–water partition coefficient (Wildman–Crippen LogP) is 3.30. The van der Waals surface area contributed by atoms with Gasteiger partial charge in [-0.25, -0.2) is 5.43 Å². The van der Waals surface area contributed by atoms with Gasteiger partial charge in [-0.2, -0.15) is 5.10 Å². The first-order chi connectivity index (χ1) is 12.4. The Kier molecular flexibility index (Phi) is 5.79. The molecule has 1 aliphatic rings. The summed E-state index contributed by atoms with van der Waals surface area (Å²) in [5.74, 6) is -1.09. The van der Waals surface area contributed by atoms with Gasteiger partial charge in [0.25, 0.3) is 0 Å². The van der Waals surface area contributed by atoms with Crippen LogP contribution in [0.15, 0.2) is 35.4 Å². The molecular weight excluding hydrogens is 445 g/mol. The lowest BCUT2D eigenvalue weighted by Gasteiger charge is -2.20. The molecule has 1 aromatic heterocycles. The molecule has 0 aliphatic carbocycles. The number of hydrazone groups is 1. The molecular formula is C19H22IN3O3. The Bertz CT molecular complexity index is 839. The highest BCUT2D eigenvalue weighted by molar-refractivity contribution is 14.1. The Morgan fingerprint density at radius 2 is 2.04 bits per heavy atom. The standard InChI is InChI=1S/C19H22IN3O3/c1-13-10-15(14(2)23(13)17-7-5-4-6-16(17)20)12-21-22-18(24)11-19(3)25-8-9-26-19/h4-7,10,12H,8-9,11H2,1-3H3,(H,22,24)/b21-12-. The first-order valence-electron chi connectivity index (χ1n) is 8.43. The molecule has 0 radical (unpaired) electrons. The smallest absolute Gasteiger partial charge is 0.245 e. The molecule has 0 spiro atoms. The summed E-state index contributed by atoms with van der Waals surface area (Å²) in [6.45, 7) is 6.88. The maximum absolute atomic E-state index is 12.0. The summed E-state index contributed by atoms with van der Waals surface area (Å²) in [6, 6.07) is 10.3. The van der Waals surface area contributed by atoms with Gasteiger partial charge in [-0.05, 0) is 61.6 Å². The average molecular weight is 467 g/mol. The minimum Gasteiger partial charge on any atom is -0.347 e. The predicted molar refractivity (Wildman–Crippen MR) is 109 cm³/mol. The molecule has 1 aliphatic heterocycles. The molecule has 3 rings (SSSR count). The molecule has 0 atom stereocenters. The van der Waals surface area contributed by atoms with Crippen molar-refractivity contribution in [1.29, 1.82) is 0 Å². The summed E-state index contributed by atoms with van der Waals surface area (Å²) in [4.78, 5) is 12.0. The van der Waals surface area contributed by atoms with Crippen LogP contribution in [-0.2, 0) is 14.3 Å². The number of aryl methyl sites for hydroxylation is 1. The van der Waals surface area contributed by atoms with Gasteiger partial charge in [-0.15, -0.1) is 0 Å². The molecule has 7 heteroatoms. The van der Waals surface area contributed by atoms with Crippen molar-refractivity contribution >= 4 is 34.7 Å². The number of halogens is 1. The van der Waals surface area contributed by atoms with Crippen LogP contribution in [0.25, 0.3) is 5.69 Å². The summed E-state index contributed by atoms with van der Waals surface area (Å²) in [5, 5.41) is 4.10. The summed E-state index contributed by atoms with van der Waals surface area (Å²) in [5.41, 5.74) is 6.82. The topological polar surface area (TPSA) is 64.8 Å². The van der Waals surface area contributed by atoms with Gasteiger partial charge in [-0.1, -0.05) is 12.1 Å². The summed E-state index contributed by atoms with van der Waals surface area (Å²) >= 11 is 2.33. The highest BCUT2D eigenvalue weighted by atomic mass is 127. The molecule has 1 fully saturated rings. The Morgan fingerprint density at radius 1 is 1.35 bits per heavy atom. The third-order valence-electron chi connectivity index (χ3n) is 4.34. The number of ether oxygens (including phenoxy) is 2. The second-order valence-electron chi connectivity index (χ2n) is 6.41.